The van der Waals surface area contributed by atoms with Gasteiger partial charge in [-0.3, -0.25) is 14.7 Å². The summed E-state index contributed by atoms with van der Waals surface area (Å²) in [5.74, 6) is 1.59. The van der Waals surface area contributed by atoms with E-state index in [1.165, 1.54) is 0 Å². The minimum Gasteiger partial charge on any atom is -0.497 e. The maximum Gasteiger partial charge on any atom is 0.238 e. The Bertz CT molecular complexity index is 721. The van der Waals surface area contributed by atoms with Gasteiger partial charge < -0.3 is 14.8 Å². The van der Waals surface area contributed by atoms with Gasteiger partial charge in [0.15, 0.2) is 0 Å². The quantitative estimate of drug-likeness (QED) is 0.875. The predicted octanol–water partition coefficient (Wildman–Crippen LogP) is 2.87. The average molecular weight is 341 g/mol. The lowest BCUT2D eigenvalue weighted by atomic mass is 10.0. The summed E-state index contributed by atoms with van der Waals surface area (Å²) in [6, 6.07) is 9.52. The summed E-state index contributed by atoms with van der Waals surface area (Å²) >= 11 is 0. The van der Waals surface area contributed by atoms with Crippen LogP contribution in [0.15, 0.2) is 42.7 Å². The second-order valence-corrected chi connectivity index (χ2v) is 6.02. The Morgan fingerprint density at radius 3 is 2.76 bits per heavy atom. The van der Waals surface area contributed by atoms with E-state index in [2.05, 4.69) is 15.2 Å². The van der Waals surface area contributed by atoms with Crippen LogP contribution in [0.4, 0.5) is 5.69 Å². The van der Waals surface area contributed by atoms with Gasteiger partial charge in [0, 0.05) is 29.7 Å². The zero-order valence-electron chi connectivity index (χ0n) is 14.6. The van der Waals surface area contributed by atoms with Crippen molar-refractivity contribution in [3.8, 4) is 11.5 Å². The fraction of sp³-hybridized carbons (Fsp3) is 0.368. The number of carbonyl (C=O) groups is 1. The van der Waals surface area contributed by atoms with Crippen molar-refractivity contribution in [1.82, 2.24) is 9.88 Å². The van der Waals surface area contributed by atoms with Crippen LogP contribution < -0.4 is 14.8 Å². The number of methoxy groups -OCH3 is 2. The Balaban J connectivity index is 1.73. The minimum absolute atomic E-state index is 0.0278. The van der Waals surface area contributed by atoms with Crippen LogP contribution in [0, 0.1) is 0 Å². The molecule has 1 unspecified atom stereocenters. The van der Waals surface area contributed by atoms with E-state index in [1.54, 1.807) is 38.7 Å². The molecule has 0 spiro atoms. The smallest absolute Gasteiger partial charge is 0.238 e. The van der Waals surface area contributed by atoms with E-state index < -0.39 is 0 Å². The molecule has 0 bridgehead atoms. The third kappa shape index (κ3) is 4.09. The molecule has 0 radical (unpaired) electrons. The first-order valence-corrected chi connectivity index (χ1v) is 8.37. The first-order valence-electron chi connectivity index (χ1n) is 8.37. The van der Waals surface area contributed by atoms with Crippen LogP contribution in [0.1, 0.15) is 24.4 Å². The fourth-order valence-electron chi connectivity index (χ4n) is 3.29. The first kappa shape index (κ1) is 17.2. The third-order valence-electron chi connectivity index (χ3n) is 4.47. The van der Waals surface area contributed by atoms with Gasteiger partial charge in [-0.1, -0.05) is 0 Å². The number of likely N-dealkylation sites (tertiary alicyclic amines) is 1. The average Bonchev–Trinajstić information content (AvgIpc) is 3.09. The second kappa shape index (κ2) is 7.98. The Labute approximate surface area is 147 Å². The van der Waals surface area contributed by atoms with E-state index in [0.29, 0.717) is 6.54 Å². The Morgan fingerprint density at radius 2 is 2.04 bits per heavy atom. The number of anilines is 1. The Kier molecular flexibility index (Phi) is 5.50. The van der Waals surface area contributed by atoms with Gasteiger partial charge in [-0.25, -0.2) is 0 Å². The van der Waals surface area contributed by atoms with Gasteiger partial charge in [-0.2, -0.15) is 0 Å². The number of aromatic nitrogens is 1. The summed E-state index contributed by atoms with van der Waals surface area (Å²) < 4.78 is 10.9. The summed E-state index contributed by atoms with van der Waals surface area (Å²) in [5.41, 5.74) is 1.82. The molecular weight excluding hydrogens is 318 g/mol. The van der Waals surface area contributed by atoms with Gasteiger partial charge in [0.25, 0.3) is 0 Å². The van der Waals surface area contributed by atoms with Crippen LogP contribution in [-0.4, -0.2) is 43.1 Å². The summed E-state index contributed by atoms with van der Waals surface area (Å²) in [6.07, 6.45) is 5.37. The number of nitrogens with one attached hydrogen (secondary N) is 1. The molecule has 3 rings (SSSR count). The number of pyridine rings is 1. The first-order chi connectivity index (χ1) is 12.2. The molecule has 132 valence electrons. The van der Waals surface area contributed by atoms with Gasteiger partial charge in [-0.05, 0) is 49.7 Å². The molecule has 1 fully saturated rings. The lowest BCUT2D eigenvalue weighted by Crippen LogP contribution is -2.33. The highest BCUT2D eigenvalue weighted by Gasteiger charge is 2.30. The number of nitrogens with zero attached hydrogens (tertiary/aromatic N) is 2. The summed E-state index contributed by atoms with van der Waals surface area (Å²) in [4.78, 5) is 18.5. The number of hydrogen-bond donors (Lipinski definition) is 1. The van der Waals surface area contributed by atoms with Gasteiger partial charge in [0.2, 0.25) is 5.91 Å². The standard InChI is InChI=1S/C19H23N3O3/c1-24-15-5-6-18(25-2)16(12-15)17-4-3-11-22(17)13-19(23)21-14-7-9-20-10-8-14/h5-10,12,17H,3-4,11,13H2,1-2H3,(H,20,21,23). The van der Waals surface area contributed by atoms with Crippen molar-refractivity contribution in [1.29, 1.82) is 0 Å². The molecule has 0 saturated carbocycles. The van der Waals surface area contributed by atoms with E-state index in [0.717, 1.165) is 42.1 Å². The summed E-state index contributed by atoms with van der Waals surface area (Å²) in [5, 5.41) is 2.92. The normalized spacial score (nSPS) is 17.3. The molecule has 1 aliphatic heterocycles. The Hall–Kier alpha value is -2.60. The summed E-state index contributed by atoms with van der Waals surface area (Å²) in [7, 11) is 3.32. The molecule has 1 N–H and O–H groups in total. The molecule has 1 atom stereocenters. The molecule has 0 aliphatic carbocycles. The van der Waals surface area contributed by atoms with Crippen molar-refractivity contribution in [3.05, 3.63) is 48.3 Å². The second-order valence-electron chi connectivity index (χ2n) is 6.02. The van der Waals surface area contributed by atoms with Crippen LogP contribution >= 0.6 is 0 Å². The zero-order valence-corrected chi connectivity index (χ0v) is 14.6. The third-order valence-corrected chi connectivity index (χ3v) is 4.47. The molecule has 2 heterocycles. The van der Waals surface area contributed by atoms with Gasteiger partial charge in [0.1, 0.15) is 11.5 Å². The number of rotatable bonds is 6. The molecule has 1 amide bonds. The largest absolute Gasteiger partial charge is 0.497 e. The van der Waals surface area contributed by atoms with Crippen LogP contribution in [0.25, 0.3) is 0 Å². The van der Waals surface area contributed by atoms with Crippen LogP contribution in [-0.2, 0) is 4.79 Å². The Morgan fingerprint density at radius 1 is 1.24 bits per heavy atom. The van der Waals surface area contributed by atoms with Crippen molar-refractivity contribution in [2.75, 3.05) is 32.6 Å². The molecular formula is C19H23N3O3. The molecule has 25 heavy (non-hydrogen) atoms. The van der Waals surface area contributed by atoms with Crippen LogP contribution in [0.2, 0.25) is 0 Å². The molecule has 6 heteroatoms. The SMILES string of the molecule is COc1ccc(OC)c(C2CCCN2CC(=O)Nc2ccncc2)c1. The molecule has 1 aliphatic rings. The van der Waals surface area contributed by atoms with E-state index in [1.807, 2.05) is 18.2 Å². The monoisotopic (exact) mass is 341 g/mol. The maximum absolute atomic E-state index is 12.4. The van der Waals surface area contributed by atoms with Crippen LogP contribution in [0.5, 0.6) is 11.5 Å². The van der Waals surface area contributed by atoms with Gasteiger partial charge in [-0.15, -0.1) is 0 Å². The number of hydrogen-bond acceptors (Lipinski definition) is 5. The number of benzene rings is 1. The van der Waals surface area contributed by atoms with Crippen molar-refractivity contribution in [2.24, 2.45) is 0 Å². The van der Waals surface area contributed by atoms with E-state index in [9.17, 15) is 4.79 Å². The minimum atomic E-state index is -0.0278. The van der Waals surface area contributed by atoms with E-state index in [4.69, 9.17) is 9.47 Å². The van der Waals surface area contributed by atoms with Crippen molar-refractivity contribution < 1.29 is 14.3 Å². The highest BCUT2D eigenvalue weighted by Crippen LogP contribution is 2.38. The lowest BCUT2D eigenvalue weighted by Gasteiger charge is -2.26. The lowest BCUT2D eigenvalue weighted by molar-refractivity contribution is -0.117. The highest BCUT2D eigenvalue weighted by molar-refractivity contribution is 5.92. The maximum atomic E-state index is 12.4. The number of amides is 1. The number of carbonyl (C=O) groups excluding carboxylic acids is 1. The fourth-order valence-corrected chi connectivity index (χ4v) is 3.29. The molecule has 1 saturated heterocycles. The van der Waals surface area contributed by atoms with E-state index >= 15 is 0 Å². The predicted molar refractivity (Wildman–Crippen MR) is 96.0 cm³/mol. The van der Waals surface area contributed by atoms with Crippen molar-refractivity contribution >= 4 is 11.6 Å². The van der Waals surface area contributed by atoms with Crippen molar-refractivity contribution in [2.45, 2.75) is 18.9 Å². The topological polar surface area (TPSA) is 63.7 Å². The molecule has 1 aromatic carbocycles. The zero-order chi connectivity index (χ0) is 17.6. The van der Waals surface area contributed by atoms with Crippen molar-refractivity contribution in [3.63, 3.8) is 0 Å². The van der Waals surface area contributed by atoms with E-state index in [-0.39, 0.29) is 11.9 Å². The highest BCUT2D eigenvalue weighted by atomic mass is 16.5. The summed E-state index contributed by atoms with van der Waals surface area (Å²) in [6.45, 7) is 1.22. The molecule has 2 aromatic rings. The molecule has 1 aromatic heterocycles. The van der Waals surface area contributed by atoms with Gasteiger partial charge >= 0.3 is 0 Å². The number of ether oxygens (including phenoxy) is 2. The molecule has 6 nitrogen and oxygen atoms in total. The van der Waals surface area contributed by atoms with Crippen LogP contribution in [0.3, 0.4) is 0 Å². The van der Waals surface area contributed by atoms with Gasteiger partial charge in [0.05, 0.1) is 20.8 Å².